The number of rotatable bonds is 3. The molecular weight excluding hydrogens is 291 g/mol. The van der Waals surface area contributed by atoms with Crippen molar-refractivity contribution in [2.24, 2.45) is 0 Å². The molecule has 23 heavy (non-hydrogen) atoms. The third-order valence-corrected chi connectivity index (χ3v) is 4.21. The first-order chi connectivity index (χ1) is 11.3. The predicted molar refractivity (Wildman–Crippen MR) is 87.4 cm³/mol. The maximum atomic E-state index is 13.2. The SMILES string of the molecule is Fc1ccc2nc(CNC3COCc4ccccc43)ccc2c1. The van der Waals surface area contributed by atoms with Gasteiger partial charge in [-0.3, -0.25) is 4.98 Å². The van der Waals surface area contributed by atoms with Crippen LogP contribution in [0.4, 0.5) is 4.39 Å². The molecular formula is C19H17FN2O. The van der Waals surface area contributed by atoms with Gasteiger partial charge in [-0.25, -0.2) is 4.39 Å². The molecule has 0 radical (unpaired) electrons. The monoisotopic (exact) mass is 308 g/mol. The summed E-state index contributed by atoms with van der Waals surface area (Å²) in [4.78, 5) is 4.59. The molecule has 1 N–H and O–H groups in total. The van der Waals surface area contributed by atoms with Crippen LogP contribution in [0.1, 0.15) is 22.9 Å². The minimum atomic E-state index is -0.235. The maximum Gasteiger partial charge on any atom is 0.123 e. The van der Waals surface area contributed by atoms with E-state index in [9.17, 15) is 4.39 Å². The summed E-state index contributed by atoms with van der Waals surface area (Å²) < 4.78 is 18.9. The van der Waals surface area contributed by atoms with E-state index in [1.807, 2.05) is 18.2 Å². The van der Waals surface area contributed by atoms with Crippen LogP contribution in [0.15, 0.2) is 54.6 Å². The summed E-state index contributed by atoms with van der Waals surface area (Å²) in [5.41, 5.74) is 4.28. The molecule has 0 fully saturated rings. The van der Waals surface area contributed by atoms with Gasteiger partial charge in [-0.05, 0) is 35.4 Å². The molecule has 1 atom stereocenters. The summed E-state index contributed by atoms with van der Waals surface area (Å²) in [5.74, 6) is -0.235. The lowest BCUT2D eigenvalue weighted by Crippen LogP contribution is -2.29. The van der Waals surface area contributed by atoms with Crippen molar-refractivity contribution >= 4 is 10.9 Å². The van der Waals surface area contributed by atoms with Crippen LogP contribution in [0.5, 0.6) is 0 Å². The van der Waals surface area contributed by atoms with Gasteiger partial charge in [0, 0.05) is 11.9 Å². The normalized spacial score (nSPS) is 17.2. The number of fused-ring (bicyclic) bond motifs is 2. The Morgan fingerprint density at radius 1 is 1.13 bits per heavy atom. The molecule has 0 spiro atoms. The summed E-state index contributed by atoms with van der Waals surface area (Å²) in [5, 5.41) is 4.33. The molecule has 3 nitrogen and oxygen atoms in total. The van der Waals surface area contributed by atoms with Gasteiger partial charge in [0.15, 0.2) is 0 Å². The van der Waals surface area contributed by atoms with Gasteiger partial charge in [0.2, 0.25) is 0 Å². The fraction of sp³-hybridized carbons (Fsp3) is 0.211. The van der Waals surface area contributed by atoms with E-state index in [-0.39, 0.29) is 11.9 Å². The molecule has 0 saturated heterocycles. The number of aromatic nitrogens is 1. The highest BCUT2D eigenvalue weighted by Gasteiger charge is 2.19. The molecule has 0 saturated carbocycles. The van der Waals surface area contributed by atoms with Crippen LogP contribution in [0.3, 0.4) is 0 Å². The molecule has 0 bridgehead atoms. The van der Waals surface area contributed by atoms with E-state index in [1.54, 1.807) is 6.07 Å². The largest absolute Gasteiger partial charge is 0.375 e. The van der Waals surface area contributed by atoms with Crippen LogP contribution >= 0.6 is 0 Å². The molecule has 2 aromatic carbocycles. The van der Waals surface area contributed by atoms with Gasteiger partial charge in [0.25, 0.3) is 0 Å². The zero-order chi connectivity index (χ0) is 15.6. The summed E-state index contributed by atoms with van der Waals surface area (Å²) >= 11 is 0. The Morgan fingerprint density at radius 2 is 2.04 bits per heavy atom. The zero-order valence-electron chi connectivity index (χ0n) is 12.6. The average molecular weight is 308 g/mol. The van der Waals surface area contributed by atoms with Crippen LogP contribution in [0.2, 0.25) is 0 Å². The Balaban J connectivity index is 1.52. The molecule has 116 valence electrons. The third-order valence-electron chi connectivity index (χ3n) is 4.21. The van der Waals surface area contributed by atoms with Crippen molar-refractivity contribution in [1.29, 1.82) is 0 Å². The van der Waals surface area contributed by atoms with E-state index in [2.05, 4.69) is 28.5 Å². The maximum absolute atomic E-state index is 13.2. The van der Waals surface area contributed by atoms with E-state index in [0.717, 1.165) is 16.6 Å². The molecule has 1 unspecified atom stereocenters. The van der Waals surface area contributed by atoms with Crippen molar-refractivity contribution < 1.29 is 9.13 Å². The number of halogens is 1. The lowest BCUT2D eigenvalue weighted by atomic mass is 9.99. The van der Waals surface area contributed by atoms with Crippen molar-refractivity contribution in [1.82, 2.24) is 10.3 Å². The average Bonchev–Trinajstić information content (AvgIpc) is 2.60. The number of hydrogen-bond donors (Lipinski definition) is 1. The van der Waals surface area contributed by atoms with E-state index in [0.29, 0.717) is 19.8 Å². The van der Waals surface area contributed by atoms with E-state index in [4.69, 9.17) is 4.74 Å². The van der Waals surface area contributed by atoms with Gasteiger partial charge in [-0.15, -0.1) is 0 Å². The Bertz CT molecular complexity index is 850. The lowest BCUT2D eigenvalue weighted by molar-refractivity contribution is 0.0816. The second kappa shape index (κ2) is 6.07. The molecule has 0 amide bonds. The predicted octanol–water partition coefficient (Wildman–Crippen LogP) is 3.74. The Kier molecular flexibility index (Phi) is 3.77. The Labute approximate surface area is 134 Å². The van der Waals surface area contributed by atoms with Crippen molar-refractivity contribution in [3.63, 3.8) is 0 Å². The standard InChI is InChI=1S/C19H17FN2O/c20-15-6-8-18-13(9-15)5-7-16(22-18)10-21-19-12-23-11-14-3-1-2-4-17(14)19/h1-9,19,21H,10-12H2. The van der Waals surface area contributed by atoms with Crippen LogP contribution < -0.4 is 5.32 Å². The highest BCUT2D eigenvalue weighted by atomic mass is 19.1. The highest BCUT2D eigenvalue weighted by molar-refractivity contribution is 5.78. The van der Waals surface area contributed by atoms with Crippen molar-refractivity contribution in [3.8, 4) is 0 Å². The second-order valence-corrected chi connectivity index (χ2v) is 5.79. The van der Waals surface area contributed by atoms with Crippen molar-refractivity contribution in [2.75, 3.05) is 6.61 Å². The van der Waals surface area contributed by atoms with Gasteiger partial charge >= 0.3 is 0 Å². The first-order valence-corrected chi connectivity index (χ1v) is 7.74. The smallest absolute Gasteiger partial charge is 0.123 e. The minimum Gasteiger partial charge on any atom is -0.375 e. The molecule has 1 aromatic heterocycles. The van der Waals surface area contributed by atoms with E-state index < -0.39 is 0 Å². The molecule has 1 aliphatic rings. The van der Waals surface area contributed by atoms with Gasteiger partial charge in [-0.1, -0.05) is 30.3 Å². The highest BCUT2D eigenvalue weighted by Crippen LogP contribution is 2.24. The number of pyridine rings is 1. The molecule has 4 rings (SSSR count). The van der Waals surface area contributed by atoms with Gasteiger partial charge in [-0.2, -0.15) is 0 Å². The van der Waals surface area contributed by atoms with Crippen molar-refractivity contribution in [2.45, 2.75) is 19.2 Å². The fourth-order valence-electron chi connectivity index (χ4n) is 3.02. The Morgan fingerprint density at radius 3 is 3.00 bits per heavy atom. The summed E-state index contributed by atoms with van der Waals surface area (Å²) in [6, 6.07) is 17.0. The Hall–Kier alpha value is -2.30. The van der Waals surface area contributed by atoms with E-state index in [1.165, 1.54) is 23.3 Å². The topological polar surface area (TPSA) is 34.2 Å². The number of nitrogens with one attached hydrogen (secondary N) is 1. The summed E-state index contributed by atoms with van der Waals surface area (Å²) in [7, 11) is 0. The van der Waals surface area contributed by atoms with Gasteiger partial charge in [0.1, 0.15) is 5.82 Å². The molecule has 3 aromatic rings. The molecule has 0 aliphatic carbocycles. The molecule has 4 heteroatoms. The van der Waals surface area contributed by atoms with E-state index >= 15 is 0 Å². The van der Waals surface area contributed by atoms with Gasteiger partial charge in [0.05, 0.1) is 30.5 Å². The number of hydrogen-bond acceptors (Lipinski definition) is 3. The first kappa shape index (κ1) is 14.3. The number of nitrogens with zero attached hydrogens (tertiary/aromatic N) is 1. The lowest BCUT2D eigenvalue weighted by Gasteiger charge is -2.26. The minimum absolute atomic E-state index is 0.172. The van der Waals surface area contributed by atoms with Crippen molar-refractivity contribution in [3.05, 3.63) is 77.2 Å². The van der Waals surface area contributed by atoms with Crippen LogP contribution in [-0.4, -0.2) is 11.6 Å². The zero-order valence-corrected chi connectivity index (χ0v) is 12.6. The fourth-order valence-corrected chi connectivity index (χ4v) is 3.02. The second-order valence-electron chi connectivity index (χ2n) is 5.79. The quantitative estimate of drug-likeness (QED) is 0.800. The third kappa shape index (κ3) is 2.96. The number of ether oxygens (including phenoxy) is 1. The van der Waals surface area contributed by atoms with Gasteiger partial charge < -0.3 is 10.1 Å². The summed E-state index contributed by atoms with van der Waals surface area (Å²) in [6.45, 7) is 1.99. The van der Waals surface area contributed by atoms with Crippen LogP contribution in [0, 0.1) is 5.82 Å². The first-order valence-electron chi connectivity index (χ1n) is 7.74. The molecule has 1 aliphatic heterocycles. The molecule has 2 heterocycles. The number of benzene rings is 2. The van der Waals surface area contributed by atoms with Crippen LogP contribution in [-0.2, 0) is 17.9 Å². The van der Waals surface area contributed by atoms with Crippen LogP contribution in [0.25, 0.3) is 10.9 Å². The summed E-state index contributed by atoms with van der Waals surface area (Å²) in [6.07, 6.45) is 0.